The summed E-state index contributed by atoms with van der Waals surface area (Å²) in [4.78, 5) is 0. The summed E-state index contributed by atoms with van der Waals surface area (Å²) >= 11 is 0. The van der Waals surface area contributed by atoms with E-state index in [0.29, 0.717) is 25.3 Å². The van der Waals surface area contributed by atoms with Gasteiger partial charge in [-0.25, -0.2) is 0 Å². The van der Waals surface area contributed by atoms with E-state index in [1.807, 2.05) is 25.1 Å². The molecule has 0 saturated heterocycles. The fourth-order valence-corrected chi connectivity index (χ4v) is 1.50. The van der Waals surface area contributed by atoms with Gasteiger partial charge in [0.05, 0.1) is 13.2 Å². The number of hydrogen-bond acceptors (Lipinski definition) is 5. The molecule has 5 heteroatoms. The van der Waals surface area contributed by atoms with E-state index in [1.165, 1.54) is 0 Å². The van der Waals surface area contributed by atoms with Crippen molar-refractivity contribution >= 4 is 0 Å². The molecular formula is C14H23NO4. The van der Waals surface area contributed by atoms with Crippen LogP contribution in [-0.2, 0) is 0 Å². The van der Waals surface area contributed by atoms with E-state index in [1.54, 1.807) is 13.2 Å². The predicted octanol–water partition coefficient (Wildman–Crippen LogP) is 0.795. The van der Waals surface area contributed by atoms with Crippen LogP contribution in [0.5, 0.6) is 11.5 Å². The van der Waals surface area contributed by atoms with Crippen LogP contribution in [0.4, 0.5) is 0 Å². The second-order valence-corrected chi connectivity index (χ2v) is 4.36. The summed E-state index contributed by atoms with van der Waals surface area (Å²) in [5.41, 5.74) is 0. The highest BCUT2D eigenvalue weighted by molar-refractivity contribution is 5.32. The van der Waals surface area contributed by atoms with Crippen molar-refractivity contribution in [2.24, 2.45) is 0 Å². The normalized spacial score (nSPS) is 13.9. The van der Waals surface area contributed by atoms with Crippen molar-refractivity contribution in [3.8, 4) is 11.5 Å². The lowest BCUT2D eigenvalue weighted by Crippen LogP contribution is -2.35. The molecular weight excluding hydrogens is 246 g/mol. The lowest BCUT2D eigenvalue weighted by atomic mass is 10.2. The first-order chi connectivity index (χ1) is 9.15. The smallest absolute Gasteiger partial charge is 0.123 e. The third-order valence-electron chi connectivity index (χ3n) is 2.71. The molecule has 0 spiro atoms. The molecule has 0 heterocycles. The summed E-state index contributed by atoms with van der Waals surface area (Å²) in [6.45, 7) is 2.98. The Morgan fingerprint density at radius 1 is 1.16 bits per heavy atom. The van der Waals surface area contributed by atoms with E-state index in [0.717, 1.165) is 5.75 Å². The Balaban J connectivity index is 2.23. The number of hydrogen-bond donors (Lipinski definition) is 3. The summed E-state index contributed by atoms with van der Waals surface area (Å²) in [5, 5.41) is 22.1. The van der Waals surface area contributed by atoms with E-state index in [9.17, 15) is 10.2 Å². The molecule has 2 atom stereocenters. The average molecular weight is 269 g/mol. The summed E-state index contributed by atoms with van der Waals surface area (Å²) in [7, 11) is 1.59. The first kappa shape index (κ1) is 15.8. The summed E-state index contributed by atoms with van der Waals surface area (Å²) in [6.07, 6.45) is -0.287. The lowest BCUT2D eigenvalue weighted by Gasteiger charge is -2.15. The van der Waals surface area contributed by atoms with Gasteiger partial charge in [0, 0.05) is 19.2 Å². The number of aliphatic hydroxyl groups excluding tert-OH is 2. The van der Waals surface area contributed by atoms with Crippen LogP contribution >= 0.6 is 0 Å². The molecule has 0 aromatic heterocycles. The summed E-state index contributed by atoms with van der Waals surface area (Å²) in [6, 6.07) is 7.23. The third-order valence-corrected chi connectivity index (χ3v) is 2.71. The van der Waals surface area contributed by atoms with Crippen LogP contribution in [0.25, 0.3) is 0 Å². The van der Waals surface area contributed by atoms with E-state index in [2.05, 4.69) is 5.32 Å². The number of benzene rings is 1. The van der Waals surface area contributed by atoms with E-state index >= 15 is 0 Å². The molecule has 19 heavy (non-hydrogen) atoms. The van der Waals surface area contributed by atoms with Crippen LogP contribution in [0.1, 0.15) is 13.3 Å². The quantitative estimate of drug-likeness (QED) is 0.618. The zero-order valence-corrected chi connectivity index (χ0v) is 11.5. The largest absolute Gasteiger partial charge is 0.497 e. The van der Waals surface area contributed by atoms with Gasteiger partial charge in [0.15, 0.2) is 0 Å². The maximum absolute atomic E-state index is 9.72. The highest BCUT2D eigenvalue weighted by atomic mass is 16.5. The predicted molar refractivity (Wildman–Crippen MR) is 73.7 cm³/mol. The van der Waals surface area contributed by atoms with E-state index in [4.69, 9.17) is 9.47 Å². The van der Waals surface area contributed by atoms with Crippen molar-refractivity contribution < 1.29 is 19.7 Å². The van der Waals surface area contributed by atoms with Gasteiger partial charge in [-0.3, -0.25) is 0 Å². The monoisotopic (exact) mass is 269 g/mol. The van der Waals surface area contributed by atoms with Crippen LogP contribution in [-0.4, -0.2) is 49.2 Å². The van der Waals surface area contributed by atoms with Crippen LogP contribution in [0, 0.1) is 0 Å². The van der Waals surface area contributed by atoms with Crippen molar-refractivity contribution in [2.45, 2.75) is 25.6 Å². The number of ether oxygens (including phenoxy) is 2. The van der Waals surface area contributed by atoms with Crippen LogP contribution in [0.15, 0.2) is 24.3 Å². The molecule has 0 aliphatic rings. The maximum Gasteiger partial charge on any atom is 0.123 e. The molecule has 0 saturated carbocycles. The van der Waals surface area contributed by atoms with Gasteiger partial charge in [-0.15, -0.1) is 0 Å². The Morgan fingerprint density at radius 3 is 2.53 bits per heavy atom. The zero-order chi connectivity index (χ0) is 14.1. The molecule has 1 rings (SSSR count). The minimum Gasteiger partial charge on any atom is -0.497 e. The first-order valence-corrected chi connectivity index (χ1v) is 6.49. The van der Waals surface area contributed by atoms with Gasteiger partial charge in [-0.05, 0) is 18.6 Å². The fraction of sp³-hybridized carbons (Fsp3) is 0.571. The van der Waals surface area contributed by atoms with Gasteiger partial charge < -0.3 is 25.0 Å². The molecule has 0 aliphatic heterocycles. The molecule has 1 aromatic carbocycles. The molecule has 0 amide bonds. The second-order valence-electron chi connectivity index (χ2n) is 4.36. The Bertz CT molecular complexity index is 359. The molecule has 0 radical (unpaired) electrons. The van der Waals surface area contributed by atoms with Crippen molar-refractivity contribution in [2.75, 3.05) is 26.8 Å². The van der Waals surface area contributed by atoms with Crippen molar-refractivity contribution in [3.63, 3.8) is 0 Å². The van der Waals surface area contributed by atoms with E-state index in [-0.39, 0.29) is 12.7 Å². The van der Waals surface area contributed by atoms with Gasteiger partial charge in [0.1, 0.15) is 24.2 Å². The molecule has 5 nitrogen and oxygen atoms in total. The number of aliphatic hydroxyl groups is 2. The van der Waals surface area contributed by atoms with Crippen molar-refractivity contribution in [3.05, 3.63) is 24.3 Å². The molecule has 1 aromatic rings. The summed E-state index contributed by atoms with van der Waals surface area (Å²) in [5.74, 6) is 1.38. The average Bonchev–Trinajstić information content (AvgIpc) is 2.45. The molecule has 108 valence electrons. The second kappa shape index (κ2) is 8.74. The van der Waals surface area contributed by atoms with Crippen LogP contribution in [0.3, 0.4) is 0 Å². The van der Waals surface area contributed by atoms with Crippen LogP contribution < -0.4 is 14.8 Å². The van der Waals surface area contributed by atoms with Gasteiger partial charge in [-0.1, -0.05) is 13.0 Å². The third kappa shape index (κ3) is 6.42. The Morgan fingerprint density at radius 2 is 1.84 bits per heavy atom. The number of rotatable bonds is 9. The lowest BCUT2D eigenvalue weighted by molar-refractivity contribution is 0.0990. The van der Waals surface area contributed by atoms with Crippen LogP contribution in [0.2, 0.25) is 0 Å². The molecule has 0 bridgehead atoms. The number of nitrogens with one attached hydrogen (secondary N) is 1. The highest BCUT2D eigenvalue weighted by Crippen LogP contribution is 2.18. The van der Waals surface area contributed by atoms with Gasteiger partial charge in [0.25, 0.3) is 0 Å². The summed E-state index contributed by atoms with van der Waals surface area (Å²) < 4.78 is 10.5. The minimum absolute atomic E-state index is 0.197. The zero-order valence-electron chi connectivity index (χ0n) is 11.5. The van der Waals surface area contributed by atoms with Gasteiger partial charge >= 0.3 is 0 Å². The maximum atomic E-state index is 9.72. The Hall–Kier alpha value is -1.30. The molecule has 2 unspecified atom stereocenters. The molecule has 0 aliphatic carbocycles. The highest BCUT2D eigenvalue weighted by Gasteiger charge is 2.07. The topological polar surface area (TPSA) is 71.0 Å². The van der Waals surface area contributed by atoms with Gasteiger partial charge in [-0.2, -0.15) is 0 Å². The van der Waals surface area contributed by atoms with Crippen molar-refractivity contribution in [1.82, 2.24) is 5.32 Å². The minimum atomic E-state index is -0.616. The number of methoxy groups -OCH3 is 1. The molecule has 0 fully saturated rings. The van der Waals surface area contributed by atoms with Gasteiger partial charge in [0.2, 0.25) is 0 Å². The fourth-order valence-electron chi connectivity index (χ4n) is 1.50. The van der Waals surface area contributed by atoms with Crippen molar-refractivity contribution in [1.29, 1.82) is 0 Å². The molecule has 3 N–H and O–H groups in total. The SMILES string of the molecule is CCC(O)CNCC(O)COc1cccc(OC)c1. The Labute approximate surface area is 114 Å². The standard InChI is InChI=1S/C14H23NO4/c1-3-11(16)8-15-9-12(17)10-19-14-6-4-5-13(7-14)18-2/h4-7,11-12,15-17H,3,8-10H2,1-2H3. The first-order valence-electron chi connectivity index (χ1n) is 6.49. The van der Waals surface area contributed by atoms with E-state index < -0.39 is 6.10 Å². The Kier molecular flexibility index (Phi) is 7.25.